The maximum atomic E-state index is 12.5. The third-order valence-electron chi connectivity index (χ3n) is 5.19. The minimum atomic E-state index is -1.05. The molecule has 134 valence electrons. The van der Waals surface area contributed by atoms with Gasteiger partial charge in [0, 0.05) is 18.5 Å². The number of nitrogens with zero attached hydrogens (tertiary/aromatic N) is 1. The summed E-state index contributed by atoms with van der Waals surface area (Å²) in [5.74, 6) is -1.10. The minimum Gasteiger partial charge on any atom is -0.480 e. The zero-order valence-corrected chi connectivity index (χ0v) is 14.2. The highest BCUT2D eigenvalue weighted by atomic mass is 16.6. The topological polar surface area (TPSA) is 92.9 Å². The number of fused-ring (bicyclic) bond motifs is 3. The van der Waals surface area contributed by atoms with E-state index in [1.165, 1.54) is 4.90 Å². The van der Waals surface area contributed by atoms with E-state index in [0.717, 1.165) is 22.3 Å². The molecular weight excluding hydrogens is 332 g/mol. The minimum absolute atomic E-state index is 0.0501. The molecule has 0 aromatic heterocycles. The summed E-state index contributed by atoms with van der Waals surface area (Å²) in [6.45, 7) is 0.374. The van der Waals surface area contributed by atoms with E-state index in [2.05, 4.69) is 12.1 Å². The van der Waals surface area contributed by atoms with Gasteiger partial charge in [-0.3, -0.25) is 4.90 Å². The van der Waals surface area contributed by atoms with Gasteiger partial charge in [-0.05, 0) is 28.7 Å². The zero-order valence-electron chi connectivity index (χ0n) is 14.2. The summed E-state index contributed by atoms with van der Waals surface area (Å²) in [6.07, 6.45) is -0.369. The number of carboxylic acid groups (broad SMARTS) is 1. The van der Waals surface area contributed by atoms with E-state index in [1.54, 1.807) is 0 Å². The van der Waals surface area contributed by atoms with Gasteiger partial charge in [-0.2, -0.15) is 0 Å². The molecule has 6 heteroatoms. The fourth-order valence-corrected chi connectivity index (χ4v) is 3.98. The molecule has 2 aromatic carbocycles. The molecule has 1 aliphatic heterocycles. The molecule has 0 spiro atoms. The van der Waals surface area contributed by atoms with Gasteiger partial charge in [-0.15, -0.1) is 0 Å². The predicted octanol–water partition coefficient (Wildman–Crippen LogP) is 2.42. The van der Waals surface area contributed by atoms with Gasteiger partial charge >= 0.3 is 12.1 Å². The Balaban J connectivity index is 1.53. The van der Waals surface area contributed by atoms with Crippen molar-refractivity contribution in [3.8, 4) is 11.1 Å². The summed E-state index contributed by atoms with van der Waals surface area (Å²) in [7, 11) is 0. The molecule has 6 nitrogen and oxygen atoms in total. The Labute approximate surface area is 151 Å². The van der Waals surface area contributed by atoms with Crippen LogP contribution >= 0.6 is 0 Å². The summed E-state index contributed by atoms with van der Waals surface area (Å²) >= 11 is 0. The highest BCUT2D eigenvalue weighted by Gasteiger charge is 2.39. The molecule has 1 fully saturated rings. The molecule has 3 N–H and O–H groups in total. The number of rotatable bonds is 3. The summed E-state index contributed by atoms with van der Waals surface area (Å²) in [4.78, 5) is 25.0. The van der Waals surface area contributed by atoms with Crippen LogP contribution in [0.3, 0.4) is 0 Å². The average Bonchev–Trinajstić information content (AvgIpc) is 3.18. The Kier molecular flexibility index (Phi) is 4.12. The lowest BCUT2D eigenvalue weighted by Gasteiger charge is -2.22. The maximum absolute atomic E-state index is 12.5. The van der Waals surface area contributed by atoms with E-state index in [9.17, 15) is 14.7 Å². The second kappa shape index (κ2) is 6.46. The van der Waals surface area contributed by atoms with E-state index < -0.39 is 18.1 Å². The Morgan fingerprint density at radius 2 is 1.65 bits per heavy atom. The number of hydrogen-bond acceptors (Lipinski definition) is 4. The first-order chi connectivity index (χ1) is 12.6. The average molecular weight is 352 g/mol. The summed E-state index contributed by atoms with van der Waals surface area (Å²) in [6, 6.07) is 14.9. The van der Waals surface area contributed by atoms with Crippen LogP contribution < -0.4 is 5.73 Å². The number of hydrogen-bond donors (Lipinski definition) is 2. The molecular formula is C20H20N2O4. The Bertz CT molecular complexity index is 821. The summed E-state index contributed by atoms with van der Waals surface area (Å²) in [5, 5.41) is 9.29. The van der Waals surface area contributed by atoms with Crippen molar-refractivity contribution in [3.05, 3.63) is 59.7 Å². The van der Waals surface area contributed by atoms with Crippen molar-refractivity contribution in [2.45, 2.75) is 24.4 Å². The van der Waals surface area contributed by atoms with Gasteiger partial charge in [-0.25, -0.2) is 9.59 Å². The van der Waals surface area contributed by atoms with Gasteiger partial charge in [0.05, 0.1) is 0 Å². The van der Waals surface area contributed by atoms with Crippen LogP contribution in [0.15, 0.2) is 48.5 Å². The van der Waals surface area contributed by atoms with Crippen LogP contribution in [0, 0.1) is 0 Å². The number of aliphatic carboxylic acids is 1. The first kappa shape index (κ1) is 16.6. The highest BCUT2D eigenvalue weighted by molar-refractivity contribution is 5.81. The quantitative estimate of drug-likeness (QED) is 0.885. The van der Waals surface area contributed by atoms with E-state index in [1.807, 2.05) is 36.4 Å². The number of benzene rings is 2. The van der Waals surface area contributed by atoms with E-state index in [-0.39, 0.29) is 31.5 Å². The standard InChI is InChI=1S/C20H20N2O4/c21-12-9-18(19(23)24)22(10-12)20(25)26-11-17-15-7-3-1-5-13(15)14-6-2-4-8-16(14)17/h1-8,12,17-18H,9-11,21H2,(H,23,24)/t12-,18-/m0/s1. The van der Waals surface area contributed by atoms with Crippen LogP contribution in [-0.2, 0) is 9.53 Å². The van der Waals surface area contributed by atoms with Crippen LogP contribution in [0.2, 0.25) is 0 Å². The van der Waals surface area contributed by atoms with Crippen LogP contribution in [0.4, 0.5) is 4.79 Å². The van der Waals surface area contributed by atoms with Crippen molar-refractivity contribution in [1.82, 2.24) is 4.90 Å². The number of carbonyl (C=O) groups excluding carboxylic acids is 1. The van der Waals surface area contributed by atoms with Gasteiger partial charge in [0.1, 0.15) is 12.6 Å². The highest BCUT2D eigenvalue weighted by Crippen LogP contribution is 2.44. The lowest BCUT2D eigenvalue weighted by Crippen LogP contribution is -2.41. The third kappa shape index (κ3) is 2.72. The lowest BCUT2D eigenvalue weighted by molar-refractivity contribution is -0.141. The number of nitrogens with two attached hydrogens (primary N) is 1. The molecule has 0 unspecified atom stereocenters. The molecule has 1 heterocycles. The second-order valence-electron chi connectivity index (χ2n) is 6.81. The van der Waals surface area contributed by atoms with Crippen LogP contribution in [0.5, 0.6) is 0 Å². The molecule has 4 rings (SSSR count). The second-order valence-corrected chi connectivity index (χ2v) is 6.81. The molecule has 0 saturated carbocycles. The Hall–Kier alpha value is -2.86. The summed E-state index contributed by atoms with van der Waals surface area (Å²) < 4.78 is 5.52. The third-order valence-corrected chi connectivity index (χ3v) is 5.19. The van der Waals surface area contributed by atoms with Crippen molar-refractivity contribution in [2.24, 2.45) is 5.73 Å². The fourth-order valence-electron chi connectivity index (χ4n) is 3.98. The van der Waals surface area contributed by atoms with Gasteiger partial charge in [0.2, 0.25) is 0 Å². The van der Waals surface area contributed by atoms with Crippen molar-refractivity contribution in [2.75, 3.05) is 13.2 Å². The zero-order chi connectivity index (χ0) is 18.3. The van der Waals surface area contributed by atoms with Crippen LogP contribution in [-0.4, -0.2) is 47.3 Å². The monoisotopic (exact) mass is 352 g/mol. The molecule has 1 saturated heterocycles. The molecule has 2 aliphatic rings. The first-order valence-corrected chi connectivity index (χ1v) is 8.66. The lowest BCUT2D eigenvalue weighted by atomic mass is 9.98. The number of ether oxygens (including phenoxy) is 1. The van der Waals surface area contributed by atoms with E-state index in [0.29, 0.717) is 0 Å². The number of carbonyl (C=O) groups is 2. The van der Waals surface area contributed by atoms with Crippen molar-refractivity contribution in [3.63, 3.8) is 0 Å². The first-order valence-electron chi connectivity index (χ1n) is 8.66. The van der Waals surface area contributed by atoms with Crippen molar-refractivity contribution >= 4 is 12.1 Å². The van der Waals surface area contributed by atoms with E-state index >= 15 is 0 Å². The van der Waals surface area contributed by atoms with Gasteiger partial charge in [-0.1, -0.05) is 48.5 Å². The molecule has 2 atom stereocenters. The van der Waals surface area contributed by atoms with Crippen molar-refractivity contribution in [1.29, 1.82) is 0 Å². The fraction of sp³-hybridized carbons (Fsp3) is 0.300. The SMILES string of the molecule is N[C@H]1C[C@@H](C(=O)O)N(C(=O)OCC2c3ccccc3-c3ccccc32)C1. The predicted molar refractivity (Wildman–Crippen MR) is 95.8 cm³/mol. The largest absolute Gasteiger partial charge is 0.480 e. The van der Waals surface area contributed by atoms with E-state index in [4.69, 9.17) is 10.5 Å². The van der Waals surface area contributed by atoms with Gasteiger partial charge in [0.25, 0.3) is 0 Å². The molecule has 0 bridgehead atoms. The van der Waals surface area contributed by atoms with Crippen LogP contribution in [0.25, 0.3) is 11.1 Å². The molecule has 1 aliphatic carbocycles. The number of carboxylic acids is 1. The van der Waals surface area contributed by atoms with Crippen molar-refractivity contribution < 1.29 is 19.4 Å². The molecule has 26 heavy (non-hydrogen) atoms. The summed E-state index contributed by atoms with van der Waals surface area (Å²) in [5.41, 5.74) is 10.4. The molecule has 2 aromatic rings. The van der Waals surface area contributed by atoms with Gasteiger partial charge < -0.3 is 15.6 Å². The smallest absolute Gasteiger partial charge is 0.410 e. The Morgan fingerprint density at radius 3 is 2.23 bits per heavy atom. The Morgan fingerprint density at radius 1 is 1.08 bits per heavy atom. The number of amides is 1. The van der Waals surface area contributed by atoms with Gasteiger partial charge in [0.15, 0.2) is 0 Å². The normalized spacial score (nSPS) is 21.3. The van der Waals surface area contributed by atoms with Crippen LogP contribution in [0.1, 0.15) is 23.5 Å². The molecule has 1 amide bonds. The molecule has 0 radical (unpaired) electrons. The maximum Gasteiger partial charge on any atom is 0.410 e. The number of likely N-dealkylation sites (tertiary alicyclic amines) is 1.